The third-order valence-corrected chi connectivity index (χ3v) is 5.04. The van der Waals surface area contributed by atoms with Crippen LogP contribution in [0.1, 0.15) is 26.5 Å². The smallest absolute Gasteiger partial charge is 0.306 e. The van der Waals surface area contributed by atoms with Crippen molar-refractivity contribution in [2.75, 3.05) is 39.8 Å². The van der Waals surface area contributed by atoms with Crippen LogP contribution in [-0.2, 0) is 9.53 Å². The van der Waals surface area contributed by atoms with Gasteiger partial charge in [0, 0.05) is 37.6 Å². The number of aryl methyl sites for hydroxylation is 2. The zero-order valence-corrected chi connectivity index (χ0v) is 13.7. The summed E-state index contributed by atoms with van der Waals surface area (Å²) in [6, 6.07) is 1.98. The molecule has 1 aromatic rings. The lowest BCUT2D eigenvalue weighted by Crippen LogP contribution is -2.48. The number of rotatable bonds is 4. The van der Waals surface area contributed by atoms with Crippen LogP contribution in [0.15, 0.2) is 6.07 Å². The summed E-state index contributed by atoms with van der Waals surface area (Å²) in [6.07, 6.45) is 0.410. The van der Waals surface area contributed by atoms with Crippen molar-refractivity contribution >= 4 is 23.2 Å². The Kier molecular flexibility index (Phi) is 5.36. The molecule has 1 aliphatic rings. The van der Waals surface area contributed by atoms with E-state index < -0.39 is 0 Å². The Morgan fingerprint density at radius 3 is 2.43 bits per heavy atom. The van der Waals surface area contributed by atoms with Gasteiger partial charge in [-0.05, 0) is 25.5 Å². The number of hydrogen-bond donors (Lipinski definition) is 0. The third-order valence-electron chi connectivity index (χ3n) is 3.90. The molecule has 6 heteroatoms. The zero-order valence-electron chi connectivity index (χ0n) is 12.8. The van der Waals surface area contributed by atoms with Gasteiger partial charge in [-0.2, -0.15) is 0 Å². The molecule has 1 saturated heterocycles. The summed E-state index contributed by atoms with van der Waals surface area (Å²) < 4.78 is 4.64. The van der Waals surface area contributed by atoms with Gasteiger partial charge in [0.05, 0.1) is 18.4 Å². The molecule has 1 aromatic heterocycles. The standard InChI is InChI=1S/C15H22N2O3S/c1-11-10-13(21-12(11)2)15(19)17-8-6-16(7-9-17)5-4-14(18)20-3/h10H,4-9H2,1-3H3. The van der Waals surface area contributed by atoms with Crippen molar-refractivity contribution in [2.24, 2.45) is 0 Å². The van der Waals surface area contributed by atoms with Crippen LogP contribution in [0.5, 0.6) is 0 Å². The van der Waals surface area contributed by atoms with E-state index in [-0.39, 0.29) is 11.9 Å². The number of carbonyl (C=O) groups is 2. The summed E-state index contributed by atoms with van der Waals surface area (Å²) >= 11 is 1.57. The van der Waals surface area contributed by atoms with Gasteiger partial charge >= 0.3 is 5.97 Å². The molecule has 0 radical (unpaired) electrons. The second-order valence-electron chi connectivity index (χ2n) is 5.31. The monoisotopic (exact) mass is 310 g/mol. The first-order valence-electron chi connectivity index (χ1n) is 7.16. The largest absolute Gasteiger partial charge is 0.469 e. The molecular formula is C15H22N2O3S. The van der Waals surface area contributed by atoms with Gasteiger partial charge in [0.2, 0.25) is 0 Å². The normalized spacial score (nSPS) is 16.0. The van der Waals surface area contributed by atoms with Crippen LogP contribution < -0.4 is 0 Å². The first-order chi connectivity index (χ1) is 10.0. The van der Waals surface area contributed by atoms with Crippen LogP contribution in [0.4, 0.5) is 0 Å². The van der Waals surface area contributed by atoms with Crippen LogP contribution in [0.2, 0.25) is 0 Å². The number of thiophene rings is 1. The molecule has 0 aromatic carbocycles. The number of hydrogen-bond acceptors (Lipinski definition) is 5. The summed E-state index contributed by atoms with van der Waals surface area (Å²) in [6.45, 7) is 7.84. The number of methoxy groups -OCH3 is 1. The van der Waals surface area contributed by atoms with Gasteiger partial charge in [0.15, 0.2) is 0 Å². The molecule has 0 unspecified atom stereocenters. The average molecular weight is 310 g/mol. The minimum Gasteiger partial charge on any atom is -0.469 e. The van der Waals surface area contributed by atoms with Gasteiger partial charge in [0.25, 0.3) is 5.91 Å². The number of piperazine rings is 1. The number of nitrogens with zero attached hydrogens (tertiary/aromatic N) is 2. The third kappa shape index (κ3) is 4.04. The fraction of sp³-hybridized carbons (Fsp3) is 0.600. The predicted molar refractivity (Wildman–Crippen MR) is 82.8 cm³/mol. The van der Waals surface area contributed by atoms with E-state index in [1.807, 2.05) is 24.8 Å². The highest BCUT2D eigenvalue weighted by molar-refractivity contribution is 7.14. The van der Waals surface area contributed by atoms with Gasteiger partial charge in [-0.1, -0.05) is 0 Å². The number of amides is 1. The minimum absolute atomic E-state index is 0.129. The molecule has 2 heterocycles. The highest BCUT2D eigenvalue weighted by atomic mass is 32.1. The van der Waals surface area contributed by atoms with Gasteiger partial charge < -0.3 is 9.64 Å². The van der Waals surface area contributed by atoms with Gasteiger partial charge in [-0.3, -0.25) is 14.5 Å². The van der Waals surface area contributed by atoms with Crippen LogP contribution in [-0.4, -0.2) is 61.5 Å². The second-order valence-corrected chi connectivity index (χ2v) is 6.57. The molecule has 0 saturated carbocycles. The van der Waals surface area contributed by atoms with Crippen molar-refractivity contribution in [3.05, 3.63) is 21.4 Å². The Bertz CT molecular complexity index is 499. The molecule has 1 amide bonds. The summed E-state index contributed by atoms with van der Waals surface area (Å²) in [5.41, 5.74) is 1.18. The average Bonchev–Trinajstić information content (AvgIpc) is 2.84. The lowest BCUT2D eigenvalue weighted by molar-refractivity contribution is -0.141. The second kappa shape index (κ2) is 7.04. The van der Waals surface area contributed by atoms with Crippen LogP contribution in [0.25, 0.3) is 0 Å². The van der Waals surface area contributed by atoms with Crippen molar-refractivity contribution in [1.29, 1.82) is 0 Å². The highest BCUT2D eigenvalue weighted by Gasteiger charge is 2.23. The maximum absolute atomic E-state index is 12.4. The Labute approximate surface area is 129 Å². The van der Waals surface area contributed by atoms with Crippen molar-refractivity contribution < 1.29 is 14.3 Å². The van der Waals surface area contributed by atoms with Crippen molar-refractivity contribution in [3.63, 3.8) is 0 Å². The summed E-state index contributed by atoms with van der Waals surface area (Å²) in [7, 11) is 1.41. The van der Waals surface area contributed by atoms with E-state index in [9.17, 15) is 9.59 Å². The Morgan fingerprint density at radius 1 is 1.24 bits per heavy atom. The maximum atomic E-state index is 12.4. The fourth-order valence-electron chi connectivity index (χ4n) is 2.36. The molecule has 0 spiro atoms. The Hall–Kier alpha value is -1.40. The molecule has 0 atom stereocenters. The molecule has 0 bridgehead atoms. The fourth-order valence-corrected chi connectivity index (χ4v) is 3.36. The first kappa shape index (κ1) is 16.0. The summed E-state index contributed by atoms with van der Waals surface area (Å²) in [4.78, 5) is 29.7. The van der Waals surface area contributed by atoms with E-state index in [0.29, 0.717) is 13.0 Å². The van der Waals surface area contributed by atoms with E-state index >= 15 is 0 Å². The number of esters is 1. The molecule has 0 N–H and O–H groups in total. The van der Waals surface area contributed by atoms with Crippen LogP contribution >= 0.6 is 11.3 Å². The van der Waals surface area contributed by atoms with Crippen molar-refractivity contribution in [3.8, 4) is 0 Å². The van der Waals surface area contributed by atoms with E-state index in [4.69, 9.17) is 0 Å². The Balaban J connectivity index is 1.83. The molecule has 21 heavy (non-hydrogen) atoms. The molecule has 1 aliphatic heterocycles. The Morgan fingerprint density at radius 2 is 1.90 bits per heavy atom. The zero-order chi connectivity index (χ0) is 15.4. The number of ether oxygens (including phenoxy) is 1. The van der Waals surface area contributed by atoms with E-state index in [1.54, 1.807) is 11.3 Å². The van der Waals surface area contributed by atoms with Crippen LogP contribution in [0.3, 0.4) is 0 Å². The first-order valence-corrected chi connectivity index (χ1v) is 7.98. The minimum atomic E-state index is -0.182. The van der Waals surface area contributed by atoms with Gasteiger partial charge in [-0.25, -0.2) is 0 Å². The summed E-state index contributed by atoms with van der Waals surface area (Å²) in [5.74, 6) is -0.0538. The molecule has 116 valence electrons. The quantitative estimate of drug-likeness (QED) is 0.794. The van der Waals surface area contributed by atoms with Gasteiger partial charge in [0.1, 0.15) is 0 Å². The molecule has 1 fully saturated rings. The van der Waals surface area contributed by atoms with Crippen LogP contribution in [0, 0.1) is 13.8 Å². The van der Waals surface area contributed by atoms with E-state index in [0.717, 1.165) is 31.1 Å². The summed E-state index contributed by atoms with van der Waals surface area (Å²) in [5, 5.41) is 0. The number of carbonyl (C=O) groups excluding carboxylic acids is 2. The lowest BCUT2D eigenvalue weighted by Gasteiger charge is -2.34. The molecule has 5 nitrogen and oxygen atoms in total. The van der Waals surface area contributed by atoms with Gasteiger partial charge in [-0.15, -0.1) is 11.3 Å². The topological polar surface area (TPSA) is 49.9 Å². The lowest BCUT2D eigenvalue weighted by atomic mass is 10.2. The maximum Gasteiger partial charge on any atom is 0.306 e. The van der Waals surface area contributed by atoms with E-state index in [1.165, 1.54) is 17.6 Å². The molecule has 0 aliphatic carbocycles. The SMILES string of the molecule is COC(=O)CCN1CCN(C(=O)c2cc(C)c(C)s2)CC1. The van der Waals surface area contributed by atoms with Crippen molar-refractivity contribution in [1.82, 2.24) is 9.80 Å². The molecular weight excluding hydrogens is 288 g/mol. The highest BCUT2D eigenvalue weighted by Crippen LogP contribution is 2.22. The predicted octanol–water partition coefficient (Wildman–Crippen LogP) is 1.69. The molecule has 2 rings (SSSR count). The van der Waals surface area contributed by atoms with Crippen molar-refractivity contribution in [2.45, 2.75) is 20.3 Å². The van der Waals surface area contributed by atoms with E-state index in [2.05, 4.69) is 9.64 Å².